The zero-order valence-corrected chi connectivity index (χ0v) is 13.4. The van der Waals surface area contributed by atoms with Gasteiger partial charge in [0.15, 0.2) is 0 Å². The van der Waals surface area contributed by atoms with Gasteiger partial charge in [-0.2, -0.15) is 0 Å². The topological polar surface area (TPSA) is 24.5 Å². The molecule has 0 radical (unpaired) electrons. The molecule has 0 unspecified atom stereocenters. The van der Waals surface area contributed by atoms with Crippen molar-refractivity contribution in [3.63, 3.8) is 0 Å². The van der Waals surface area contributed by atoms with E-state index in [0.29, 0.717) is 0 Å². The monoisotopic (exact) mass is 296 g/mol. The number of ether oxygens (including phenoxy) is 1. The molecule has 1 aromatic rings. The lowest BCUT2D eigenvalue weighted by Crippen LogP contribution is -2.46. The average Bonchev–Trinajstić information content (AvgIpc) is 2.38. The first kappa shape index (κ1) is 15.6. The van der Waals surface area contributed by atoms with Gasteiger partial charge >= 0.3 is 0 Å². The van der Waals surface area contributed by atoms with Gasteiger partial charge in [-0.1, -0.05) is 30.7 Å². The standard InChI is InChI=1S/C16H25ClN2O/c1-4-8-18-9-14-6-5-7-15(17)16(14)19-10-12(2)20-13(3)11-19/h5-7,12-13,18H,4,8-11H2,1-3H3/t12-,13+. The summed E-state index contributed by atoms with van der Waals surface area (Å²) in [5.74, 6) is 0. The fourth-order valence-corrected chi connectivity index (χ4v) is 3.13. The summed E-state index contributed by atoms with van der Waals surface area (Å²) < 4.78 is 5.82. The zero-order chi connectivity index (χ0) is 14.5. The van der Waals surface area contributed by atoms with E-state index in [0.717, 1.165) is 37.6 Å². The van der Waals surface area contributed by atoms with Crippen molar-refractivity contribution in [2.45, 2.75) is 45.9 Å². The molecule has 0 saturated carbocycles. The van der Waals surface area contributed by atoms with Gasteiger partial charge in [0.25, 0.3) is 0 Å². The fourth-order valence-electron chi connectivity index (χ4n) is 2.82. The highest BCUT2D eigenvalue weighted by Gasteiger charge is 2.25. The van der Waals surface area contributed by atoms with E-state index < -0.39 is 0 Å². The van der Waals surface area contributed by atoms with Crippen molar-refractivity contribution >= 4 is 17.3 Å². The number of benzene rings is 1. The molecule has 2 rings (SSSR count). The molecule has 0 spiro atoms. The van der Waals surface area contributed by atoms with Gasteiger partial charge < -0.3 is 15.0 Å². The molecule has 0 aliphatic carbocycles. The SMILES string of the molecule is CCCNCc1cccc(Cl)c1N1C[C@@H](C)O[C@@H](C)C1. The average molecular weight is 297 g/mol. The number of para-hydroxylation sites is 1. The zero-order valence-electron chi connectivity index (χ0n) is 12.7. The van der Waals surface area contributed by atoms with E-state index in [1.807, 2.05) is 12.1 Å². The number of nitrogens with zero attached hydrogens (tertiary/aromatic N) is 1. The van der Waals surface area contributed by atoms with Gasteiger partial charge in [-0.3, -0.25) is 0 Å². The van der Waals surface area contributed by atoms with Gasteiger partial charge in [-0.15, -0.1) is 0 Å². The molecule has 4 heteroatoms. The van der Waals surface area contributed by atoms with E-state index in [-0.39, 0.29) is 12.2 Å². The largest absolute Gasteiger partial charge is 0.372 e. The molecule has 1 N–H and O–H groups in total. The molecule has 3 nitrogen and oxygen atoms in total. The van der Waals surface area contributed by atoms with Crippen molar-refractivity contribution in [2.75, 3.05) is 24.5 Å². The Bertz CT molecular complexity index is 428. The van der Waals surface area contributed by atoms with Crippen LogP contribution in [0.1, 0.15) is 32.8 Å². The summed E-state index contributed by atoms with van der Waals surface area (Å²) in [5, 5.41) is 4.30. The number of anilines is 1. The Labute approximate surface area is 127 Å². The van der Waals surface area contributed by atoms with E-state index >= 15 is 0 Å². The summed E-state index contributed by atoms with van der Waals surface area (Å²) in [4.78, 5) is 2.37. The number of nitrogens with one attached hydrogen (secondary N) is 1. The lowest BCUT2D eigenvalue weighted by Gasteiger charge is -2.38. The van der Waals surface area contributed by atoms with E-state index in [2.05, 4.69) is 37.1 Å². The minimum absolute atomic E-state index is 0.242. The quantitative estimate of drug-likeness (QED) is 0.842. The molecular weight excluding hydrogens is 272 g/mol. The summed E-state index contributed by atoms with van der Waals surface area (Å²) in [6.07, 6.45) is 1.62. The maximum Gasteiger partial charge on any atom is 0.0726 e. The first-order valence-electron chi connectivity index (χ1n) is 7.50. The number of morpholine rings is 1. The van der Waals surface area contributed by atoms with Crippen LogP contribution >= 0.6 is 11.6 Å². The number of hydrogen-bond donors (Lipinski definition) is 1. The van der Waals surface area contributed by atoms with Crippen molar-refractivity contribution < 1.29 is 4.74 Å². The van der Waals surface area contributed by atoms with Gasteiger partial charge in [0.1, 0.15) is 0 Å². The Hall–Kier alpha value is -0.770. The predicted molar refractivity (Wildman–Crippen MR) is 85.7 cm³/mol. The van der Waals surface area contributed by atoms with Crippen LogP contribution in [0.15, 0.2) is 18.2 Å². The molecule has 0 aromatic heterocycles. The van der Waals surface area contributed by atoms with Gasteiger partial charge in [0, 0.05) is 19.6 Å². The highest BCUT2D eigenvalue weighted by molar-refractivity contribution is 6.33. The highest BCUT2D eigenvalue weighted by Crippen LogP contribution is 2.32. The second-order valence-electron chi connectivity index (χ2n) is 5.59. The number of rotatable bonds is 5. The molecule has 20 heavy (non-hydrogen) atoms. The van der Waals surface area contributed by atoms with Gasteiger partial charge in [0.05, 0.1) is 22.9 Å². The van der Waals surface area contributed by atoms with Crippen LogP contribution in [0.2, 0.25) is 5.02 Å². The van der Waals surface area contributed by atoms with Crippen LogP contribution in [0.25, 0.3) is 0 Å². The Morgan fingerprint density at radius 3 is 2.65 bits per heavy atom. The van der Waals surface area contributed by atoms with Crippen LogP contribution < -0.4 is 10.2 Å². The third kappa shape index (κ3) is 3.87. The van der Waals surface area contributed by atoms with Crippen molar-refractivity contribution in [3.8, 4) is 0 Å². The second kappa shape index (κ2) is 7.30. The van der Waals surface area contributed by atoms with Crippen LogP contribution in [0.3, 0.4) is 0 Å². The lowest BCUT2D eigenvalue weighted by molar-refractivity contribution is -0.00525. The lowest BCUT2D eigenvalue weighted by atomic mass is 10.1. The summed E-state index contributed by atoms with van der Waals surface area (Å²) >= 11 is 6.46. The maximum absolute atomic E-state index is 6.46. The molecule has 2 atom stereocenters. The van der Waals surface area contributed by atoms with Crippen molar-refractivity contribution in [1.82, 2.24) is 5.32 Å². The molecule has 1 heterocycles. The fraction of sp³-hybridized carbons (Fsp3) is 0.625. The summed E-state index contributed by atoms with van der Waals surface area (Å²) in [6, 6.07) is 6.17. The molecule has 0 amide bonds. The van der Waals surface area contributed by atoms with E-state index in [1.54, 1.807) is 0 Å². The second-order valence-corrected chi connectivity index (χ2v) is 5.99. The first-order valence-corrected chi connectivity index (χ1v) is 7.88. The molecule has 1 saturated heterocycles. The van der Waals surface area contributed by atoms with E-state index in [1.165, 1.54) is 11.3 Å². The first-order chi connectivity index (χ1) is 9.61. The molecule has 1 fully saturated rings. The van der Waals surface area contributed by atoms with E-state index in [9.17, 15) is 0 Å². The minimum atomic E-state index is 0.242. The molecule has 112 valence electrons. The Balaban J connectivity index is 2.20. The third-order valence-corrected chi connectivity index (χ3v) is 3.85. The normalized spacial score (nSPS) is 23.1. The van der Waals surface area contributed by atoms with Crippen LogP contribution in [0.5, 0.6) is 0 Å². The molecule has 1 aliphatic heterocycles. The molecule has 0 bridgehead atoms. The number of halogens is 1. The summed E-state index contributed by atoms with van der Waals surface area (Å²) in [6.45, 7) is 10.1. The van der Waals surface area contributed by atoms with Gasteiger partial charge in [-0.05, 0) is 38.4 Å². The number of hydrogen-bond acceptors (Lipinski definition) is 3. The molecule has 1 aliphatic rings. The third-order valence-electron chi connectivity index (χ3n) is 3.55. The van der Waals surface area contributed by atoms with Crippen molar-refractivity contribution in [2.24, 2.45) is 0 Å². The summed E-state index contributed by atoms with van der Waals surface area (Å²) in [5.41, 5.74) is 2.44. The molecular formula is C16H25ClN2O. The van der Waals surface area contributed by atoms with Crippen LogP contribution in [-0.2, 0) is 11.3 Å². The minimum Gasteiger partial charge on any atom is -0.372 e. The Kier molecular flexibility index (Phi) is 5.70. The van der Waals surface area contributed by atoms with Gasteiger partial charge in [0.2, 0.25) is 0 Å². The Morgan fingerprint density at radius 1 is 1.30 bits per heavy atom. The van der Waals surface area contributed by atoms with Crippen molar-refractivity contribution in [1.29, 1.82) is 0 Å². The summed E-state index contributed by atoms with van der Waals surface area (Å²) in [7, 11) is 0. The maximum atomic E-state index is 6.46. The Morgan fingerprint density at radius 2 is 2.00 bits per heavy atom. The van der Waals surface area contributed by atoms with Crippen molar-refractivity contribution in [3.05, 3.63) is 28.8 Å². The predicted octanol–water partition coefficient (Wildman–Crippen LogP) is 3.45. The van der Waals surface area contributed by atoms with Crippen LogP contribution in [0.4, 0.5) is 5.69 Å². The molecule has 1 aromatic carbocycles. The smallest absolute Gasteiger partial charge is 0.0726 e. The van der Waals surface area contributed by atoms with Crippen LogP contribution in [-0.4, -0.2) is 31.8 Å². The van der Waals surface area contributed by atoms with Crippen LogP contribution in [0, 0.1) is 0 Å². The van der Waals surface area contributed by atoms with Gasteiger partial charge in [-0.25, -0.2) is 0 Å². The van der Waals surface area contributed by atoms with E-state index in [4.69, 9.17) is 16.3 Å². The highest BCUT2D eigenvalue weighted by atomic mass is 35.5.